The second-order valence-corrected chi connectivity index (χ2v) is 27.8. The Morgan fingerprint density at radius 3 is 2.10 bits per heavy atom. The molecule has 2 aromatic rings. The number of benzene rings is 2. The minimum Gasteiger partial charge on any atom is -0.456 e. The van der Waals surface area contributed by atoms with Crippen LogP contribution in [0, 0.1) is 17.8 Å². The smallest absolute Gasteiger partial charge is 0.410 e. The van der Waals surface area contributed by atoms with Gasteiger partial charge in [0, 0.05) is 62.1 Å². The Hall–Kier alpha value is -3.60. The van der Waals surface area contributed by atoms with E-state index in [0.29, 0.717) is 44.5 Å². The number of esters is 1. The third-order valence-corrected chi connectivity index (χ3v) is 21.5. The zero-order valence-electron chi connectivity index (χ0n) is 45.1. The van der Waals surface area contributed by atoms with Crippen LogP contribution >= 0.6 is 11.8 Å². The van der Waals surface area contributed by atoms with Gasteiger partial charge in [-0.2, -0.15) is 11.8 Å². The second-order valence-electron chi connectivity index (χ2n) is 22.2. The van der Waals surface area contributed by atoms with E-state index in [1.807, 2.05) is 35.7 Å². The van der Waals surface area contributed by atoms with Crippen LogP contribution in [0.5, 0.6) is 0 Å². The van der Waals surface area contributed by atoms with Gasteiger partial charge < -0.3 is 37.7 Å². The van der Waals surface area contributed by atoms with E-state index in [2.05, 4.69) is 147 Å². The minimum atomic E-state index is -3.08. The molecular weight excluding hydrogens is 923 g/mol. The van der Waals surface area contributed by atoms with Gasteiger partial charge in [-0.05, 0) is 99.6 Å². The molecule has 14 nitrogen and oxygen atoms in total. The van der Waals surface area contributed by atoms with Gasteiger partial charge in [-0.15, -0.1) is 0 Å². The first-order valence-corrected chi connectivity index (χ1v) is 28.4. The molecule has 0 radical (unpaired) electrons. The predicted octanol–water partition coefficient (Wildman–Crippen LogP) is 10.5. The summed E-state index contributed by atoms with van der Waals surface area (Å²) >= 11 is 1.81. The number of rotatable bonds is 24. The number of unbranched alkanes of at least 4 members (excludes halogenated alkanes) is 1. The highest BCUT2D eigenvalue weighted by atomic mass is 32.2. The van der Waals surface area contributed by atoms with Crippen LogP contribution in [-0.4, -0.2) is 129 Å². The molecule has 3 aliphatic heterocycles. The third-order valence-electron chi connectivity index (χ3n) is 14.9. The number of nitrogens with zero attached hydrogens (tertiary/aromatic N) is 5. The van der Waals surface area contributed by atoms with Gasteiger partial charge in [0.1, 0.15) is 5.76 Å². The van der Waals surface area contributed by atoms with Gasteiger partial charge in [-0.25, -0.2) is 9.59 Å². The summed E-state index contributed by atoms with van der Waals surface area (Å²) in [4.78, 5) is 34.4. The number of carbonyl (C=O) groups excluding carboxylic acids is 2. The number of carbonyl (C=O) groups is 2. The van der Waals surface area contributed by atoms with Crippen LogP contribution in [0.2, 0.25) is 5.04 Å². The molecule has 12 atom stereocenters. The van der Waals surface area contributed by atoms with Crippen LogP contribution in [0.25, 0.3) is 10.4 Å². The van der Waals surface area contributed by atoms with E-state index in [1.165, 1.54) is 6.08 Å². The lowest BCUT2D eigenvalue weighted by atomic mass is 9.81. The topological polar surface area (TPSA) is 154 Å². The predicted molar refractivity (Wildman–Crippen MR) is 281 cm³/mol. The number of azide groups is 1. The van der Waals surface area contributed by atoms with E-state index >= 15 is 0 Å². The summed E-state index contributed by atoms with van der Waals surface area (Å²) in [6.07, 6.45) is 2.82. The highest BCUT2D eigenvalue weighted by Crippen LogP contribution is 2.46. The van der Waals surface area contributed by atoms with Crippen LogP contribution in [0.15, 0.2) is 77.6 Å². The monoisotopic (exact) mass is 1010 g/mol. The van der Waals surface area contributed by atoms with E-state index in [0.717, 1.165) is 22.5 Å². The van der Waals surface area contributed by atoms with Crippen molar-refractivity contribution in [3.63, 3.8) is 0 Å². The number of cyclic esters (lactones) is 2. The third kappa shape index (κ3) is 12.9. The van der Waals surface area contributed by atoms with Gasteiger partial charge >= 0.3 is 12.1 Å². The molecule has 390 valence electrons. The van der Waals surface area contributed by atoms with E-state index in [9.17, 15) is 9.59 Å². The molecule has 2 unspecified atom stereocenters. The maximum Gasteiger partial charge on any atom is 0.410 e. The zero-order chi connectivity index (χ0) is 51.8. The Balaban J connectivity index is 1.48. The lowest BCUT2D eigenvalue weighted by molar-refractivity contribution is -0.284. The summed E-state index contributed by atoms with van der Waals surface area (Å²) in [5.41, 5.74) is 7.07. The van der Waals surface area contributed by atoms with Crippen LogP contribution < -0.4 is 10.4 Å². The van der Waals surface area contributed by atoms with E-state index in [4.69, 9.17) is 38.4 Å². The first-order valence-electron chi connectivity index (χ1n) is 25.4. The Bertz CT molecular complexity index is 2070. The summed E-state index contributed by atoms with van der Waals surface area (Å²) in [7, 11) is 2.83. The van der Waals surface area contributed by atoms with Crippen molar-refractivity contribution in [1.82, 2.24) is 9.80 Å². The molecule has 0 aliphatic carbocycles. The van der Waals surface area contributed by atoms with Crippen LogP contribution in [0.4, 0.5) is 4.79 Å². The van der Waals surface area contributed by atoms with Crippen molar-refractivity contribution < 1.29 is 42.4 Å². The Labute approximate surface area is 425 Å². The normalized spacial score (nSPS) is 27.0. The summed E-state index contributed by atoms with van der Waals surface area (Å²) in [5, 5.41) is 5.69. The molecule has 0 N–H and O–H groups in total. The van der Waals surface area contributed by atoms with E-state index < -0.39 is 55.7 Å². The summed E-state index contributed by atoms with van der Waals surface area (Å²) in [6, 6.07) is 21.1. The molecule has 3 heterocycles. The Kier molecular flexibility index (Phi) is 19.6. The van der Waals surface area contributed by atoms with Gasteiger partial charge in [-0.3, -0.25) is 4.90 Å². The SMILES string of the molecule is CC[C@@H](O[Si](c1ccccc1)(c1ccccc1)C(C)(C)C)[C@@]1(C)OC(=O)N(CCCCN=[N+]=[N-])[C@@H]1[C@@H](C)SC[C@H](C)C[C@@](C)(OC)[C@H](O[C@@H]1O[C@H](C)CC(N(C)C)C1C)[C@H](C)C1=CC(=O)OC(C)(C)O1. The van der Waals surface area contributed by atoms with E-state index in [-0.39, 0.29) is 46.4 Å². The van der Waals surface area contributed by atoms with Crippen LogP contribution in [-0.2, 0) is 37.6 Å². The van der Waals surface area contributed by atoms with Crippen molar-refractivity contribution >= 4 is 42.5 Å². The molecule has 16 heteroatoms. The van der Waals surface area contributed by atoms with Gasteiger partial charge in [0.05, 0.1) is 36.0 Å². The molecule has 2 aromatic carbocycles. The highest BCUT2D eigenvalue weighted by Gasteiger charge is 2.61. The van der Waals surface area contributed by atoms with E-state index in [1.54, 1.807) is 21.0 Å². The quantitative estimate of drug-likeness (QED) is 0.0247. The molecule has 0 aromatic heterocycles. The second kappa shape index (κ2) is 24.0. The number of thioether (sulfide) groups is 1. The van der Waals surface area contributed by atoms with Crippen molar-refractivity contribution in [3.05, 3.63) is 82.9 Å². The minimum absolute atomic E-state index is 0.0291. The lowest BCUT2D eigenvalue weighted by Crippen LogP contribution is -2.70. The molecule has 2 fully saturated rings. The molecule has 1 amide bonds. The molecule has 3 aliphatic rings. The molecule has 0 saturated carbocycles. The summed E-state index contributed by atoms with van der Waals surface area (Å²) in [5.74, 6) is -0.700. The number of ether oxygens (including phenoxy) is 6. The average molecular weight is 1010 g/mol. The molecule has 70 heavy (non-hydrogen) atoms. The molecule has 0 spiro atoms. The van der Waals surface area contributed by atoms with Crippen molar-refractivity contribution in [2.75, 3.05) is 40.0 Å². The molecule has 5 rings (SSSR count). The standard InChI is InChI=1S/C54H85N5O9SSi/c1-17-45(68-70(51(7,8)9,41-26-20-18-21-27-41)42-28-22-19-23-29-42)54(13)47(59(50(61)67-54)31-25-24-30-56-57-55)40(6)69-35-36(2)34-53(12,62-16)48(39(5)44-33-46(60)66-52(10,11)65-44)64-49-38(4)43(58(14)15)32-37(3)63-49/h18-23,26-29,33,36-40,43,45,47-49H,17,24-25,30-32,34-35H2,1-16H3/t36-,37-,38?,39-,40-,43?,45-,47-,48-,49+,53-,54-/m1/s1. The number of amides is 1. The van der Waals surface area contributed by atoms with Gasteiger partial charge in [-0.1, -0.05) is 121 Å². The highest BCUT2D eigenvalue weighted by molar-refractivity contribution is 7.99. The fourth-order valence-electron chi connectivity index (χ4n) is 11.4. The number of hydrogen-bond acceptors (Lipinski definition) is 12. The van der Waals surface area contributed by atoms with Gasteiger partial charge in [0.25, 0.3) is 8.32 Å². The largest absolute Gasteiger partial charge is 0.456 e. The molecular formula is C54H85N5O9SSi. The van der Waals surface area contributed by atoms with Crippen molar-refractivity contribution in [2.24, 2.45) is 22.9 Å². The molecule has 0 bridgehead atoms. The fourth-order valence-corrected chi connectivity index (χ4v) is 17.6. The summed E-state index contributed by atoms with van der Waals surface area (Å²) < 4.78 is 46.7. The number of hydrogen-bond donors (Lipinski definition) is 0. The maximum absolute atomic E-state index is 14.4. The summed E-state index contributed by atoms with van der Waals surface area (Å²) in [6.45, 7) is 28.0. The number of methoxy groups -OCH3 is 1. The average Bonchev–Trinajstić information content (AvgIpc) is 3.56. The first kappa shape index (κ1) is 57.3. The van der Waals surface area contributed by atoms with Gasteiger partial charge in [0.15, 0.2) is 11.9 Å². The zero-order valence-corrected chi connectivity index (χ0v) is 46.9. The van der Waals surface area contributed by atoms with Crippen molar-refractivity contribution in [1.29, 1.82) is 0 Å². The Morgan fingerprint density at radius 2 is 1.57 bits per heavy atom. The van der Waals surface area contributed by atoms with Crippen molar-refractivity contribution in [2.45, 2.75) is 186 Å². The maximum atomic E-state index is 14.4. The van der Waals surface area contributed by atoms with Crippen molar-refractivity contribution in [3.8, 4) is 0 Å². The Morgan fingerprint density at radius 1 is 0.957 bits per heavy atom. The van der Waals surface area contributed by atoms with Crippen LogP contribution in [0.1, 0.15) is 122 Å². The molecule has 2 saturated heterocycles. The fraction of sp³-hybridized carbons (Fsp3) is 0.704. The first-order chi connectivity index (χ1) is 32.9. The van der Waals surface area contributed by atoms with Gasteiger partial charge in [0.2, 0.25) is 5.79 Å². The lowest BCUT2D eigenvalue weighted by Gasteiger charge is -2.49. The van der Waals surface area contributed by atoms with Crippen LogP contribution in [0.3, 0.4) is 0 Å².